The van der Waals surface area contributed by atoms with E-state index in [2.05, 4.69) is 65.2 Å². The quantitative estimate of drug-likeness (QED) is 0.374. The lowest BCUT2D eigenvalue weighted by Gasteiger charge is -2.37. The second-order valence-corrected chi connectivity index (χ2v) is 8.56. The van der Waals surface area contributed by atoms with E-state index in [0.717, 1.165) is 25.8 Å². The van der Waals surface area contributed by atoms with Crippen molar-refractivity contribution in [3.8, 4) is 0 Å². The SMILES string of the molecule is CC(C)OC(=O)C(CCCCN(C(C)C)C(C)C)N(C(C)C)C(C)C. The van der Waals surface area contributed by atoms with Crippen LogP contribution in [0.1, 0.15) is 88.5 Å². The Bertz CT molecular complexity index is 349. The van der Waals surface area contributed by atoms with Crippen LogP contribution in [0.4, 0.5) is 0 Å². The summed E-state index contributed by atoms with van der Waals surface area (Å²) >= 11 is 0. The largest absolute Gasteiger partial charge is 0.462 e. The highest BCUT2D eigenvalue weighted by molar-refractivity contribution is 5.76. The summed E-state index contributed by atoms with van der Waals surface area (Å²) in [7, 11) is 0. The molecule has 0 aliphatic heterocycles. The molecular formula is C21H44N2O2. The fourth-order valence-corrected chi connectivity index (χ4v) is 3.76. The minimum Gasteiger partial charge on any atom is -0.462 e. The van der Waals surface area contributed by atoms with Crippen LogP contribution in [0.15, 0.2) is 0 Å². The van der Waals surface area contributed by atoms with Crippen molar-refractivity contribution in [2.75, 3.05) is 6.54 Å². The lowest BCUT2D eigenvalue weighted by atomic mass is 10.0. The van der Waals surface area contributed by atoms with Crippen LogP contribution in [-0.4, -0.2) is 58.6 Å². The number of unbranched alkanes of at least 4 members (excludes halogenated alkanes) is 1. The van der Waals surface area contributed by atoms with Gasteiger partial charge >= 0.3 is 5.97 Å². The van der Waals surface area contributed by atoms with Gasteiger partial charge in [0.05, 0.1) is 6.10 Å². The maximum Gasteiger partial charge on any atom is 0.323 e. The molecule has 0 fully saturated rings. The van der Waals surface area contributed by atoms with Gasteiger partial charge in [0.15, 0.2) is 0 Å². The number of carbonyl (C=O) groups is 1. The molecule has 1 atom stereocenters. The molecule has 1 unspecified atom stereocenters. The Hall–Kier alpha value is -0.610. The van der Waals surface area contributed by atoms with Crippen molar-refractivity contribution in [3.63, 3.8) is 0 Å². The standard InChI is InChI=1S/C21H44N2O2/c1-15(2)22(16(3)4)14-12-11-13-20(21(24)25-19(9)10)23(17(5)6)18(7)8/h15-20H,11-14H2,1-10H3. The van der Waals surface area contributed by atoms with Crippen LogP contribution in [0.25, 0.3) is 0 Å². The van der Waals surface area contributed by atoms with Crippen molar-refractivity contribution in [1.29, 1.82) is 0 Å². The Labute approximate surface area is 157 Å². The Kier molecular flexibility index (Phi) is 11.6. The molecule has 0 spiro atoms. The van der Waals surface area contributed by atoms with Crippen molar-refractivity contribution < 1.29 is 9.53 Å². The molecule has 0 radical (unpaired) electrons. The van der Waals surface area contributed by atoms with Crippen LogP contribution in [0.2, 0.25) is 0 Å². The van der Waals surface area contributed by atoms with Crippen LogP contribution < -0.4 is 0 Å². The number of hydrogen-bond acceptors (Lipinski definition) is 4. The summed E-state index contributed by atoms with van der Waals surface area (Å²) in [6, 6.07) is 1.63. The second kappa shape index (κ2) is 11.9. The molecular weight excluding hydrogens is 312 g/mol. The first-order valence-electron chi connectivity index (χ1n) is 10.2. The lowest BCUT2D eigenvalue weighted by Crippen LogP contribution is -2.50. The van der Waals surface area contributed by atoms with E-state index < -0.39 is 0 Å². The smallest absolute Gasteiger partial charge is 0.323 e. The van der Waals surface area contributed by atoms with E-state index in [0.29, 0.717) is 24.2 Å². The fourth-order valence-electron chi connectivity index (χ4n) is 3.76. The molecule has 0 N–H and O–H groups in total. The van der Waals surface area contributed by atoms with Crippen molar-refractivity contribution in [1.82, 2.24) is 9.80 Å². The van der Waals surface area contributed by atoms with Gasteiger partial charge in [-0.1, -0.05) is 6.42 Å². The third-order valence-corrected chi connectivity index (χ3v) is 4.65. The summed E-state index contributed by atoms with van der Waals surface area (Å²) in [4.78, 5) is 17.5. The van der Waals surface area contributed by atoms with Gasteiger partial charge in [0.25, 0.3) is 0 Å². The summed E-state index contributed by atoms with van der Waals surface area (Å²) in [5.41, 5.74) is 0. The molecule has 0 aromatic carbocycles. The first kappa shape index (κ1) is 24.4. The average molecular weight is 357 g/mol. The Balaban J connectivity index is 4.86. The number of hydrogen-bond donors (Lipinski definition) is 0. The zero-order valence-electron chi connectivity index (χ0n) is 18.5. The number of carbonyl (C=O) groups excluding carboxylic acids is 1. The monoisotopic (exact) mass is 356 g/mol. The third-order valence-electron chi connectivity index (χ3n) is 4.65. The van der Waals surface area contributed by atoms with Crippen molar-refractivity contribution >= 4 is 5.97 Å². The summed E-state index contributed by atoms with van der Waals surface area (Å²) in [6.07, 6.45) is 2.97. The van der Waals surface area contributed by atoms with Crippen molar-refractivity contribution in [3.05, 3.63) is 0 Å². The Morgan fingerprint density at radius 1 is 0.760 bits per heavy atom. The molecule has 0 rings (SSSR count). The third kappa shape index (κ3) is 9.05. The van der Waals surface area contributed by atoms with Gasteiger partial charge in [-0.2, -0.15) is 0 Å². The summed E-state index contributed by atoms with van der Waals surface area (Å²) in [6.45, 7) is 22.6. The van der Waals surface area contributed by atoms with Crippen LogP contribution in [0, 0.1) is 0 Å². The van der Waals surface area contributed by atoms with Crippen LogP contribution in [0.5, 0.6) is 0 Å². The van der Waals surface area contributed by atoms with E-state index in [1.165, 1.54) is 0 Å². The highest BCUT2D eigenvalue weighted by Gasteiger charge is 2.31. The van der Waals surface area contributed by atoms with E-state index in [9.17, 15) is 4.79 Å². The zero-order valence-corrected chi connectivity index (χ0v) is 18.5. The normalized spacial score (nSPS) is 14.0. The topological polar surface area (TPSA) is 32.8 Å². The molecule has 0 aliphatic rings. The van der Waals surface area contributed by atoms with Crippen LogP contribution in [0.3, 0.4) is 0 Å². The molecule has 0 bridgehead atoms. The van der Waals surface area contributed by atoms with E-state index in [1.54, 1.807) is 0 Å². The van der Waals surface area contributed by atoms with Gasteiger partial charge in [0, 0.05) is 24.2 Å². The van der Waals surface area contributed by atoms with Gasteiger partial charge < -0.3 is 4.74 Å². The maximum absolute atomic E-state index is 12.7. The van der Waals surface area contributed by atoms with Gasteiger partial charge in [-0.3, -0.25) is 14.6 Å². The van der Waals surface area contributed by atoms with Crippen molar-refractivity contribution in [2.24, 2.45) is 0 Å². The first-order chi connectivity index (χ1) is 11.5. The van der Waals surface area contributed by atoms with Crippen LogP contribution in [-0.2, 0) is 9.53 Å². The first-order valence-corrected chi connectivity index (χ1v) is 10.2. The average Bonchev–Trinajstić information content (AvgIpc) is 2.42. The summed E-state index contributed by atoms with van der Waals surface area (Å²) < 4.78 is 5.56. The number of nitrogens with zero attached hydrogens (tertiary/aromatic N) is 2. The number of ether oxygens (including phenoxy) is 1. The Morgan fingerprint density at radius 3 is 1.60 bits per heavy atom. The van der Waals surface area contributed by atoms with E-state index >= 15 is 0 Å². The molecule has 0 heterocycles. The fraction of sp³-hybridized carbons (Fsp3) is 0.952. The minimum atomic E-state index is -0.144. The highest BCUT2D eigenvalue weighted by Crippen LogP contribution is 2.19. The summed E-state index contributed by atoms with van der Waals surface area (Å²) in [5.74, 6) is -0.0676. The van der Waals surface area contributed by atoms with Gasteiger partial charge in [-0.05, 0) is 88.6 Å². The minimum absolute atomic E-state index is 0.0615. The molecule has 0 saturated carbocycles. The van der Waals surface area contributed by atoms with Gasteiger partial charge in [0.1, 0.15) is 6.04 Å². The van der Waals surface area contributed by atoms with Gasteiger partial charge in [0.2, 0.25) is 0 Å². The molecule has 4 heteroatoms. The highest BCUT2D eigenvalue weighted by atomic mass is 16.5. The molecule has 0 saturated heterocycles. The van der Waals surface area contributed by atoms with E-state index in [1.807, 2.05) is 13.8 Å². The molecule has 0 aliphatic carbocycles. The summed E-state index contributed by atoms with van der Waals surface area (Å²) in [5, 5.41) is 0. The molecule has 150 valence electrons. The van der Waals surface area contributed by atoms with Crippen LogP contribution >= 0.6 is 0 Å². The molecule has 4 nitrogen and oxygen atoms in total. The van der Waals surface area contributed by atoms with Crippen molar-refractivity contribution in [2.45, 2.75) is 125 Å². The van der Waals surface area contributed by atoms with E-state index in [4.69, 9.17) is 4.74 Å². The predicted octanol–water partition coefficient (Wildman–Crippen LogP) is 4.71. The molecule has 0 amide bonds. The predicted molar refractivity (Wildman–Crippen MR) is 108 cm³/mol. The molecule has 0 aromatic rings. The van der Waals surface area contributed by atoms with Gasteiger partial charge in [-0.25, -0.2) is 0 Å². The number of esters is 1. The second-order valence-electron chi connectivity index (χ2n) is 8.56. The van der Waals surface area contributed by atoms with E-state index in [-0.39, 0.29) is 18.1 Å². The zero-order chi connectivity index (χ0) is 19.7. The lowest BCUT2D eigenvalue weighted by molar-refractivity contribution is -0.156. The maximum atomic E-state index is 12.7. The Morgan fingerprint density at radius 2 is 1.24 bits per heavy atom. The molecule has 0 aromatic heterocycles. The van der Waals surface area contributed by atoms with Gasteiger partial charge in [-0.15, -0.1) is 0 Å². The number of rotatable bonds is 12. The molecule has 25 heavy (non-hydrogen) atoms.